The predicted molar refractivity (Wildman–Crippen MR) is 130 cm³/mol. The summed E-state index contributed by atoms with van der Waals surface area (Å²) in [5, 5.41) is 25.7. The molecule has 40 heavy (non-hydrogen) atoms. The van der Waals surface area contributed by atoms with Crippen LogP contribution in [0.3, 0.4) is 0 Å². The molecule has 1 amide bonds. The van der Waals surface area contributed by atoms with Crippen LogP contribution in [0.5, 0.6) is 11.5 Å². The van der Waals surface area contributed by atoms with Crippen LogP contribution in [0.15, 0.2) is 36.4 Å². The summed E-state index contributed by atoms with van der Waals surface area (Å²) in [5.41, 5.74) is 13.3. The van der Waals surface area contributed by atoms with Crippen LogP contribution in [0.1, 0.15) is 34.3 Å². The van der Waals surface area contributed by atoms with E-state index in [0.717, 1.165) is 5.56 Å². The highest BCUT2D eigenvalue weighted by Crippen LogP contribution is 2.36. The number of carbonyl (C=O) groups excluding carboxylic acids is 2. The number of nitrogens with two attached hydrogens (primary N) is 2. The lowest BCUT2D eigenvalue weighted by atomic mass is 9.83. The average Bonchev–Trinajstić information content (AvgIpc) is 2.84. The maximum absolute atomic E-state index is 12.8. The maximum Gasteiger partial charge on any atom is 0.490 e. The Kier molecular flexibility index (Phi) is 10.4. The number of carboxylic acids is 3. The van der Waals surface area contributed by atoms with Gasteiger partial charge in [0.2, 0.25) is 5.91 Å². The van der Waals surface area contributed by atoms with Crippen molar-refractivity contribution in [2.75, 3.05) is 12.3 Å². The number of ether oxygens (including phenoxy) is 2. The number of rotatable bonds is 7. The Hall–Kier alpha value is -4.82. The molecule has 1 aliphatic heterocycles. The van der Waals surface area contributed by atoms with E-state index in [1.807, 2.05) is 0 Å². The highest BCUT2D eigenvalue weighted by atomic mass is 19.4. The minimum absolute atomic E-state index is 0.0931. The molecule has 1 aliphatic rings. The quantitative estimate of drug-likeness (QED) is 0.185. The topological polar surface area (TPSA) is 217 Å². The van der Waals surface area contributed by atoms with E-state index in [-0.39, 0.29) is 24.5 Å². The molecule has 2 unspecified atom stereocenters. The van der Waals surface area contributed by atoms with Crippen LogP contribution in [0.25, 0.3) is 0 Å². The summed E-state index contributed by atoms with van der Waals surface area (Å²) in [6.07, 6.45) is -4.99. The number of hydrogen-bond donors (Lipinski definition) is 5. The number of alkyl halides is 3. The number of carbonyl (C=O) groups is 5. The molecule has 0 radical (unpaired) electrons. The molecule has 216 valence electrons. The van der Waals surface area contributed by atoms with Gasteiger partial charge in [-0.3, -0.25) is 14.4 Å². The number of esters is 1. The lowest BCUT2D eigenvalue weighted by molar-refractivity contribution is -0.192. The minimum Gasteiger partial charge on any atom is -0.489 e. The molecule has 0 aromatic heterocycles. The molecule has 0 fully saturated rings. The largest absolute Gasteiger partial charge is 0.490 e. The number of fused-ring (bicyclic) bond motifs is 2. The van der Waals surface area contributed by atoms with Crippen LogP contribution in [-0.2, 0) is 32.0 Å². The molecule has 2 atom stereocenters. The fraction of sp³-hybridized carbons (Fsp3) is 0.320. The number of benzene rings is 2. The predicted octanol–water partition coefficient (Wildman–Crippen LogP) is 2.27. The summed E-state index contributed by atoms with van der Waals surface area (Å²) in [5.74, 6) is -9.72. The first-order chi connectivity index (χ1) is 18.6. The number of primary amides is 1. The van der Waals surface area contributed by atoms with E-state index in [9.17, 15) is 37.5 Å². The zero-order valence-electron chi connectivity index (χ0n) is 20.6. The number of para-hydroxylation sites is 1. The van der Waals surface area contributed by atoms with E-state index >= 15 is 0 Å². The minimum atomic E-state index is -5.08. The molecule has 0 saturated carbocycles. The van der Waals surface area contributed by atoms with Gasteiger partial charge in [0.1, 0.15) is 0 Å². The molecule has 12 nitrogen and oxygen atoms in total. The smallest absolute Gasteiger partial charge is 0.489 e. The number of anilines is 1. The third kappa shape index (κ3) is 8.61. The van der Waals surface area contributed by atoms with Crippen LogP contribution in [-0.4, -0.2) is 57.9 Å². The molecular formula is C25H25F3N2O10. The third-order valence-corrected chi connectivity index (χ3v) is 5.69. The fourth-order valence-electron chi connectivity index (χ4n) is 3.85. The van der Waals surface area contributed by atoms with E-state index in [0.29, 0.717) is 29.7 Å². The molecule has 7 N–H and O–H groups in total. The molecule has 0 bridgehead atoms. The van der Waals surface area contributed by atoms with Gasteiger partial charge in [-0.25, -0.2) is 9.59 Å². The molecule has 0 saturated heterocycles. The number of amides is 1. The second-order valence-electron chi connectivity index (χ2n) is 8.56. The van der Waals surface area contributed by atoms with Gasteiger partial charge in [0, 0.05) is 5.69 Å². The fourth-order valence-corrected chi connectivity index (χ4v) is 3.85. The third-order valence-electron chi connectivity index (χ3n) is 5.69. The van der Waals surface area contributed by atoms with Crippen LogP contribution < -0.4 is 20.9 Å². The van der Waals surface area contributed by atoms with Gasteiger partial charge in [-0.05, 0) is 54.7 Å². The Morgan fingerprint density at radius 1 is 1.02 bits per heavy atom. The summed E-state index contributed by atoms with van der Waals surface area (Å²) >= 11 is 0. The first-order valence-electron chi connectivity index (χ1n) is 11.5. The van der Waals surface area contributed by atoms with Crippen LogP contribution in [0.4, 0.5) is 18.9 Å². The van der Waals surface area contributed by atoms with E-state index in [1.54, 1.807) is 30.3 Å². The number of hydrogen-bond acceptors (Lipinski definition) is 8. The van der Waals surface area contributed by atoms with E-state index < -0.39 is 54.2 Å². The van der Waals surface area contributed by atoms with Crippen molar-refractivity contribution in [2.45, 2.75) is 31.9 Å². The summed E-state index contributed by atoms with van der Waals surface area (Å²) < 4.78 is 43.2. The van der Waals surface area contributed by atoms with E-state index in [2.05, 4.69) is 0 Å². The Bertz CT molecular complexity index is 1300. The Labute approximate surface area is 224 Å². The molecule has 2 aromatic rings. The highest BCUT2D eigenvalue weighted by molar-refractivity contribution is 5.93. The van der Waals surface area contributed by atoms with Crippen LogP contribution in [0, 0.1) is 11.8 Å². The summed E-state index contributed by atoms with van der Waals surface area (Å²) in [6.45, 7) is 0.245. The Morgan fingerprint density at radius 3 is 2.23 bits per heavy atom. The van der Waals surface area contributed by atoms with E-state index in [1.165, 1.54) is 6.07 Å². The number of aliphatic carboxylic acids is 3. The highest BCUT2D eigenvalue weighted by Gasteiger charge is 2.38. The monoisotopic (exact) mass is 570 g/mol. The summed E-state index contributed by atoms with van der Waals surface area (Å²) in [6, 6.07) is 9.56. The van der Waals surface area contributed by atoms with Gasteiger partial charge in [0.25, 0.3) is 0 Å². The van der Waals surface area contributed by atoms with Gasteiger partial charge in [0.05, 0.1) is 30.4 Å². The standard InChI is InChI=1S/C23H24N2O8.C2HF3O2/c24-14-6-7-15-12(9-14)4-2-8-32-20-13(3-1-5-18(20)33-23(15)31)10-16(21(25)28)17(22(29)30)11-19(26)27;3-2(4,5)1(6)7/h1,3,5-7,9,16-17H,2,4,8,10-11,24H2,(H2,25,28)(H,26,27)(H,29,30);(H,6,7). The summed E-state index contributed by atoms with van der Waals surface area (Å²) in [4.78, 5) is 56.6. The average molecular weight is 570 g/mol. The van der Waals surface area contributed by atoms with Gasteiger partial charge in [-0.1, -0.05) is 12.1 Å². The van der Waals surface area contributed by atoms with Gasteiger partial charge in [0.15, 0.2) is 11.5 Å². The molecule has 0 spiro atoms. The normalized spacial score (nSPS) is 14.4. The molecule has 3 rings (SSSR count). The lowest BCUT2D eigenvalue weighted by Crippen LogP contribution is -2.37. The Morgan fingerprint density at radius 2 is 1.68 bits per heavy atom. The van der Waals surface area contributed by atoms with Crippen molar-refractivity contribution in [3.8, 4) is 11.5 Å². The zero-order chi connectivity index (χ0) is 30.2. The van der Waals surface area contributed by atoms with Crippen LogP contribution in [0.2, 0.25) is 0 Å². The molecule has 0 aliphatic carbocycles. The second-order valence-corrected chi connectivity index (χ2v) is 8.56. The van der Waals surface area contributed by atoms with Crippen molar-refractivity contribution < 1.29 is 61.9 Å². The number of nitrogen functional groups attached to an aromatic ring is 1. The zero-order valence-corrected chi connectivity index (χ0v) is 20.6. The van der Waals surface area contributed by atoms with Crippen molar-refractivity contribution in [3.63, 3.8) is 0 Å². The van der Waals surface area contributed by atoms with Crippen molar-refractivity contribution >= 4 is 35.5 Å². The van der Waals surface area contributed by atoms with Gasteiger partial charge < -0.3 is 36.3 Å². The molecule has 1 heterocycles. The number of aryl methyl sites for hydroxylation is 1. The van der Waals surface area contributed by atoms with E-state index in [4.69, 9.17) is 35.9 Å². The van der Waals surface area contributed by atoms with Crippen molar-refractivity contribution in [1.29, 1.82) is 0 Å². The first kappa shape index (κ1) is 31.4. The molecule has 2 aromatic carbocycles. The SMILES string of the molecule is NC(=O)C(Cc1cccc2c1OCCCc1cc(N)ccc1C(=O)O2)C(CC(=O)O)C(=O)O.O=C(O)C(F)(F)F. The Balaban J connectivity index is 0.000000708. The van der Waals surface area contributed by atoms with Crippen LogP contribution >= 0.6 is 0 Å². The van der Waals surface area contributed by atoms with Gasteiger partial charge in [-0.2, -0.15) is 13.2 Å². The van der Waals surface area contributed by atoms with Crippen molar-refractivity contribution in [2.24, 2.45) is 17.6 Å². The number of carboxylic acid groups (broad SMARTS) is 3. The van der Waals surface area contributed by atoms with Gasteiger partial charge >= 0.3 is 30.1 Å². The lowest BCUT2D eigenvalue weighted by Gasteiger charge is -2.23. The summed E-state index contributed by atoms with van der Waals surface area (Å²) in [7, 11) is 0. The molecular weight excluding hydrogens is 545 g/mol. The van der Waals surface area contributed by atoms with Crippen molar-refractivity contribution in [3.05, 3.63) is 53.1 Å². The number of halogens is 3. The maximum atomic E-state index is 12.8. The second kappa shape index (κ2) is 13.3. The first-order valence-corrected chi connectivity index (χ1v) is 11.5. The van der Waals surface area contributed by atoms with Crippen molar-refractivity contribution in [1.82, 2.24) is 0 Å². The van der Waals surface area contributed by atoms with Gasteiger partial charge in [-0.15, -0.1) is 0 Å². The molecule has 15 heteroatoms.